The molecule has 3 aromatic heterocycles. The molecule has 0 bridgehead atoms. The molecule has 1 aliphatic heterocycles. The molecule has 1 atom stereocenters. The second kappa shape index (κ2) is 6.25. The summed E-state index contributed by atoms with van der Waals surface area (Å²) in [6.07, 6.45) is 5.29. The van der Waals surface area contributed by atoms with Crippen LogP contribution in [0.25, 0.3) is 11.0 Å². The number of rotatable bonds is 2. The van der Waals surface area contributed by atoms with Gasteiger partial charge in [0.05, 0.1) is 23.2 Å². The molecule has 0 aromatic carbocycles. The van der Waals surface area contributed by atoms with E-state index in [4.69, 9.17) is 0 Å². The van der Waals surface area contributed by atoms with Crippen LogP contribution < -0.4 is 5.32 Å². The monoisotopic (exact) mass is 336 g/mol. The van der Waals surface area contributed by atoms with Crippen molar-refractivity contribution in [3.05, 3.63) is 53.6 Å². The van der Waals surface area contributed by atoms with E-state index >= 15 is 0 Å². The van der Waals surface area contributed by atoms with Crippen molar-refractivity contribution >= 4 is 16.9 Å². The van der Waals surface area contributed by atoms with Crippen LogP contribution in [0.5, 0.6) is 0 Å². The van der Waals surface area contributed by atoms with Crippen molar-refractivity contribution in [2.45, 2.75) is 13.0 Å². The Bertz CT molecular complexity index is 920. The van der Waals surface area contributed by atoms with E-state index in [0.29, 0.717) is 12.1 Å². The lowest BCUT2D eigenvalue weighted by Gasteiger charge is -2.36. The Kier molecular flexibility index (Phi) is 3.93. The van der Waals surface area contributed by atoms with Gasteiger partial charge in [0.2, 0.25) is 0 Å². The van der Waals surface area contributed by atoms with Gasteiger partial charge < -0.3 is 10.2 Å². The van der Waals surface area contributed by atoms with Crippen LogP contribution in [0.15, 0.2) is 36.8 Å². The normalized spacial score (nSPS) is 17.8. The predicted molar refractivity (Wildman–Crippen MR) is 94.1 cm³/mol. The Morgan fingerprint density at radius 1 is 1.36 bits per heavy atom. The molecule has 1 unspecified atom stereocenters. The average molecular weight is 336 g/mol. The van der Waals surface area contributed by atoms with Crippen LogP contribution in [0.1, 0.15) is 27.7 Å². The molecule has 25 heavy (non-hydrogen) atoms. The van der Waals surface area contributed by atoms with Crippen molar-refractivity contribution in [3.63, 3.8) is 0 Å². The molecule has 1 aliphatic rings. The van der Waals surface area contributed by atoms with Crippen molar-refractivity contribution in [1.82, 2.24) is 30.0 Å². The Labute approximate surface area is 145 Å². The second-order valence-electron chi connectivity index (χ2n) is 6.32. The zero-order valence-corrected chi connectivity index (χ0v) is 14.3. The number of hydrogen-bond donors (Lipinski definition) is 1. The average Bonchev–Trinajstić information content (AvgIpc) is 3.02. The highest BCUT2D eigenvalue weighted by Gasteiger charge is 2.30. The first-order valence-corrected chi connectivity index (χ1v) is 8.36. The molecular formula is C18H20N6O. The second-order valence-corrected chi connectivity index (χ2v) is 6.32. The van der Waals surface area contributed by atoms with Gasteiger partial charge in [-0.15, -0.1) is 0 Å². The van der Waals surface area contributed by atoms with Gasteiger partial charge in [-0.1, -0.05) is 6.07 Å². The molecule has 3 aromatic rings. The lowest BCUT2D eigenvalue weighted by atomic mass is 10.0. The summed E-state index contributed by atoms with van der Waals surface area (Å²) in [6, 6.07) is 5.75. The van der Waals surface area contributed by atoms with E-state index in [1.54, 1.807) is 17.1 Å². The van der Waals surface area contributed by atoms with Gasteiger partial charge in [-0.25, -0.2) is 4.98 Å². The lowest BCUT2D eigenvalue weighted by Crippen LogP contribution is -2.48. The van der Waals surface area contributed by atoms with Gasteiger partial charge in [0.1, 0.15) is 0 Å². The molecule has 7 nitrogen and oxygen atoms in total. The molecule has 1 amide bonds. The van der Waals surface area contributed by atoms with Crippen LogP contribution in [0.3, 0.4) is 0 Å². The Balaban J connectivity index is 1.77. The summed E-state index contributed by atoms with van der Waals surface area (Å²) in [7, 11) is 1.84. The van der Waals surface area contributed by atoms with Crippen LogP contribution in [-0.2, 0) is 7.05 Å². The van der Waals surface area contributed by atoms with Crippen molar-refractivity contribution in [2.24, 2.45) is 7.05 Å². The number of fused-ring (bicyclic) bond motifs is 1. The van der Waals surface area contributed by atoms with Gasteiger partial charge >= 0.3 is 0 Å². The number of amides is 1. The molecule has 4 heterocycles. The molecule has 1 N–H and O–H groups in total. The molecular weight excluding hydrogens is 316 g/mol. The predicted octanol–water partition coefficient (Wildman–Crippen LogP) is 1.46. The zero-order chi connectivity index (χ0) is 17.4. The Hall–Kier alpha value is -2.80. The highest BCUT2D eigenvalue weighted by Crippen LogP contribution is 2.26. The highest BCUT2D eigenvalue weighted by atomic mass is 16.2. The maximum atomic E-state index is 13.4. The lowest BCUT2D eigenvalue weighted by molar-refractivity contribution is 0.0636. The van der Waals surface area contributed by atoms with Crippen molar-refractivity contribution in [3.8, 4) is 0 Å². The van der Waals surface area contributed by atoms with Crippen LogP contribution in [0, 0.1) is 6.92 Å². The number of aromatic nitrogens is 4. The third kappa shape index (κ3) is 2.76. The van der Waals surface area contributed by atoms with E-state index in [1.807, 2.05) is 43.3 Å². The van der Waals surface area contributed by atoms with Crippen LogP contribution >= 0.6 is 0 Å². The number of aryl methyl sites for hydroxylation is 2. The molecule has 0 radical (unpaired) electrons. The number of carbonyl (C=O) groups excluding carboxylic acids is 1. The summed E-state index contributed by atoms with van der Waals surface area (Å²) in [5.41, 5.74) is 3.24. The van der Waals surface area contributed by atoms with Gasteiger partial charge in [0, 0.05) is 44.8 Å². The van der Waals surface area contributed by atoms with E-state index in [1.165, 1.54) is 0 Å². The van der Waals surface area contributed by atoms with Crippen LogP contribution in [-0.4, -0.2) is 50.2 Å². The molecule has 0 saturated carbocycles. The fourth-order valence-electron chi connectivity index (χ4n) is 3.39. The molecule has 7 heteroatoms. The smallest absolute Gasteiger partial charge is 0.255 e. The number of nitrogens with zero attached hydrogens (tertiary/aromatic N) is 5. The fraction of sp³-hybridized carbons (Fsp3) is 0.333. The summed E-state index contributed by atoms with van der Waals surface area (Å²) in [5, 5.41) is 8.43. The Morgan fingerprint density at radius 2 is 2.24 bits per heavy atom. The standard InChI is InChI=1S/C18H20N6O/c1-12-8-14(15-10-21-23(2)17(15)22-12)18(25)24-7-6-20-11-16(24)13-4-3-5-19-9-13/h3-5,8-10,16,20H,6-7,11H2,1-2H3. The molecule has 0 spiro atoms. The minimum atomic E-state index is -0.0323. The molecule has 128 valence electrons. The first kappa shape index (κ1) is 15.7. The largest absolute Gasteiger partial charge is 0.329 e. The van der Waals surface area contributed by atoms with E-state index in [2.05, 4.69) is 20.4 Å². The number of hydrogen-bond acceptors (Lipinski definition) is 5. The minimum Gasteiger partial charge on any atom is -0.329 e. The highest BCUT2D eigenvalue weighted by molar-refractivity contribution is 6.05. The maximum Gasteiger partial charge on any atom is 0.255 e. The number of nitrogens with one attached hydrogen (secondary N) is 1. The molecule has 1 saturated heterocycles. The topological polar surface area (TPSA) is 75.9 Å². The van der Waals surface area contributed by atoms with Crippen molar-refractivity contribution in [2.75, 3.05) is 19.6 Å². The number of piperazine rings is 1. The zero-order valence-electron chi connectivity index (χ0n) is 14.3. The van der Waals surface area contributed by atoms with Gasteiger partial charge in [-0.3, -0.25) is 14.5 Å². The minimum absolute atomic E-state index is 0.0128. The quantitative estimate of drug-likeness (QED) is 0.767. The number of pyridine rings is 2. The first-order valence-electron chi connectivity index (χ1n) is 8.36. The first-order chi connectivity index (χ1) is 12.1. The van der Waals surface area contributed by atoms with Gasteiger partial charge in [-0.05, 0) is 24.6 Å². The molecule has 4 rings (SSSR count). The SMILES string of the molecule is Cc1cc(C(=O)N2CCNCC2c2cccnc2)c2cnn(C)c2n1. The Morgan fingerprint density at radius 3 is 3.04 bits per heavy atom. The third-order valence-electron chi connectivity index (χ3n) is 4.64. The van der Waals surface area contributed by atoms with Gasteiger partial charge in [-0.2, -0.15) is 5.10 Å². The van der Waals surface area contributed by atoms with Gasteiger partial charge in [0.25, 0.3) is 5.91 Å². The van der Waals surface area contributed by atoms with Crippen molar-refractivity contribution < 1.29 is 4.79 Å². The summed E-state index contributed by atoms with van der Waals surface area (Å²) >= 11 is 0. The van der Waals surface area contributed by atoms with Crippen molar-refractivity contribution in [1.29, 1.82) is 0 Å². The van der Waals surface area contributed by atoms with E-state index in [0.717, 1.165) is 35.4 Å². The summed E-state index contributed by atoms with van der Waals surface area (Å²) in [6.45, 7) is 4.06. The van der Waals surface area contributed by atoms with Crippen LogP contribution in [0.2, 0.25) is 0 Å². The third-order valence-corrected chi connectivity index (χ3v) is 4.64. The summed E-state index contributed by atoms with van der Waals surface area (Å²) in [5.74, 6) is 0.0128. The molecule has 1 fully saturated rings. The number of carbonyl (C=O) groups is 1. The molecule has 0 aliphatic carbocycles. The fourth-order valence-corrected chi connectivity index (χ4v) is 3.39. The summed E-state index contributed by atoms with van der Waals surface area (Å²) < 4.78 is 1.70. The maximum absolute atomic E-state index is 13.4. The van der Waals surface area contributed by atoms with E-state index < -0.39 is 0 Å². The van der Waals surface area contributed by atoms with Crippen LogP contribution in [0.4, 0.5) is 0 Å². The van der Waals surface area contributed by atoms with Gasteiger partial charge in [0.15, 0.2) is 5.65 Å². The van der Waals surface area contributed by atoms with E-state index in [-0.39, 0.29) is 11.9 Å². The van der Waals surface area contributed by atoms with E-state index in [9.17, 15) is 4.79 Å². The summed E-state index contributed by atoms with van der Waals surface area (Å²) in [4.78, 5) is 24.0.